The lowest BCUT2D eigenvalue weighted by atomic mass is 10.2. The molecule has 1 heterocycles. The van der Waals surface area contributed by atoms with Gasteiger partial charge in [-0.1, -0.05) is 6.92 Å². The average molecular weight is 239 g/mol. The summed E-state index contributed by atoms with van der Waals surface area (Å²) in [5.41, 5.74) is 0. The van der Waals surface area contributed by atoms with Crippen LogP contribution in [-0.4, -0.2) is 36.3 Å². The Morgan fingerprint density at radius 1 is 1.35 bits per heavy atom. The van der Waals surface area contributed by atoms with Crippen LogP contribution in [-0.2, 0) is 4.74 Å². The van der Waals surface area contributed by atoms with E-state index in [1.807, 2.05) is 13.0 Å². The molecule has 1 rings (SSSR count). The van der Waals surface area contributed by atoms with Crippen molar-refractivity contribution in [2.24, 2.45) is 0 Å². The lowest BCUT2D eigenvalue weighted by Crippen LogP contribution is -2.15. The fraction of sp³-hybridized carbons (Fsp3) is 0.667. The first-order valence-electron chi connectivity index (χ1n) is 5.89. The minimum absolute atomic E-state index is 0.385. The van der Waals surface area contributed by atoms with Crippen LogP contribution < -0.4 is 10.1 Å². The molecule has 0 fully saturated rings. The molecular formula is C12H21N3O2. The average Bonchev–Trinajstić information content (AvgIpc) is 2.28. The highest BCUT2D eigenvalue weighted by molar-refractivity contribution is 5.39. The van der Waals surface area contributed by atoms with Crippen LogP contribution in [0.25, 0.3) is 0 Å². The summed E-state index contributed by atoms with van der Waals surface area (Å²) in [4.78, 5) is 8.53. The van der Waals surface area contributed by atoms with E-state index in [9.17, 15) is 0 Å². The third-order valence-corrected chi connectivity index (χ3v) is 2.36. The number of hydrogen-bond donors (Lipinski definition) is 1. The fourth-order valence-corrected chi connectivity index (χ4v) is 1.27. The third-order valence-electron chi connectivity index (χ3n) is 2.36. The Kier molecular flexibility index (Phi) is 5.69. The molecule has 1 N–H and O–H groups in total. The first kappa shape index (κ1) is 13.7. The van der Waals surface area contributed by atoms with E-state index in [1.54, 1.807) is 7.11 Å². The summed E-state index contributed by atoms with van der Waals surface area (Å²) in [7, 11) is 1.64. The lowest BCUT2D eigenvalue weighted by Gasteiger charge is -2.13. The van der Waals surface area contributed by atoms with Crippen LogP contribution in [0.15, 0.2) is 6.07 Å². The SMILES string of the molecule is CCC(C)Nc1cc(OCCOC)nc(C)n1. The minimum Gasteiger partial charge on any atom is -0.475 e. The van der Waals surface area contributed by atoms with Gasteiger partial charge in [-0.25, -0.2) is 4.98 Å². The number of ether oxygens (including phenoxy) is 2. The van der Waals surface area contributed by atoms with Gasteiger partial charge in [0, 0.05) is 19.2 Å². The molecule has 0 spiro atoms. The maximum absolute atomic E-state index is 5.47. The highest BCUT2D eigenvalue weighted by atomic mass is 16.5. The molecule has 0 aromatic carbocycles. The van der Waals surface area contributed by atoms with Gasteiger partial charge in [-0.05, 0) is 20.3 Å². The monoisotopic (exact) mass is 239 g/mol. The number of rotatable bonds is 7. The molecule has 0 aliphatic heterocycles. The van der Waals surface area contributed by atoms with Gasteiger partial charge in [-0.15, -0.1) is 0 Å². The zero-order valence-corrected chi connectivity index (χ0v) is 11.0. The Bertz CT molecular complexity index is 345. The number of aryl methyl sites for hydroxylation is 1. The molecule has 0 amide bonds. The van der Waals surface area contributed by atoms with Gasteiger partial charge in [0.25, 0.3) is 0 Å². The van der Waals surface area contributed by atoms with E-state index < -0.39 is 0 Å². The highest BCUT2D eigenvalue weighted by Crippen LogP contribution is 2.14. The molecule has 5 heteroatoms. The number of hydrogen-bond acceptors (Lipinski definition) is 5. The van der Waals surface area contributed by atoms with E-state index in [2.05, 4.69) is 29.1 Å². The van der Waals surface area contributed by atoms with Crippen molar-refractivity contribution in [2.45, 2.75) is 33.2 Å². The number of aromatic nitrogens is 2. The van der Waals surface area contributed by atoms with Crippen molar-refractivity contribution in [2.75, 3.05) is 25.6 Å². The van der Waals surface area contributed by atoms with E-state index in [4.69, 9.17) is 9.47 Å². The van der Waals surface area contributed by atoms with Crippen LogP contribution in [0.4, 0.5) is 5.82 Å². The Morgan fingerprint density at radius 3 is 2.76 bits per heavy atom. The normalized spacial score (nSPS) is 12.2. The van der Waals surface area contributed by atoms with Gasteiger partial charge in [0.05, 0.1) is 6.61 Å². The number of nitrogens with zero attached hydrogens (tertiary/aromatic N) is 2. The van der Waals surface area contributed by atoms with E-state index >= 15 is 0 Å². The van der Waals surface area contributed by atoms with Crippen molar-refractivity contribution in [1.82, 2.24) is 9.97 Å². The number of nitrogens with one attached hydrogen (secondary N) is 1. The molecule has 17 heavy (non-hydrogen) atoms. The van der Waals surface area contributed by atoms with Crippen molar-refractivity contribution in [3.63, 3.8) is 0 Å². The second-order valence-corrected chi connectivity index (χ2v) is 3.93. The van der Waals surface area contributed by atoms with Crippen LogP contribution >= 0.6 is 0 Å². The quantitative estimate of drug-likeness (QED) is 0.738. The van der Waals surface area contributed by atoms with Crippen LogP contribution in [0.3, 0.4) is 0 Å². The molecule has 0 radical (unpaired) electrons. The van der Waals surface area contributed by atoms with Gasteiger partial charge in [-0.2, -0.15) is 4.98 Å². The van der Waals surface area contributed by atoms with E-state index in [-0.39, 0.29) is 0 Å². The highest BCUT2D eigenvalue weighted by Gasteiger charge is 2.05. The van der Waals surface area contributed by atoms with Crippen LogP contribution in [0, 0.1) is 6.92 Å². The molecule has 0 aliphatic rings. The largest absolute Gasteiger partial charge is 0.475 e. The van der Waals surface area contributed by atoms with Gasteiger partial charge >= 0.3 is 0 Å². The molecule has 0 aliphatic carbocycles. The fourth-order valence-electron chi connectivity index (χ4n) is 1.27. The second kappa shape index (κ2) is 7.06. The first-order valence-corrected chi connectivity index (χ1v) is 5.89. The first-order chi connectivity index (χ1) is 8.15. The predicted octanol–water partition coefficient (Wildman–Crippen LogP) is 2.02. The molecule has 1 atom stereocenters. The topological polar surface area (TPSA) is 56.3 Å². The molecule has 1 unspecified atom stereocenters. The standard InChI is InChI=1S/C12H21N3O2/c1-5-9(2)13-11-8-12(15-10(3)14-11)17-7-6-16-4/h8-9H,5-7H2,1-4H3,(H,13,14,15). The summed E-state index contributed by atoms with van der Waals surface area (Å²) >= 11 is 0. The summed E-state index contributed by atoms with van der Waals surface area (Å²) < 4.78 is 10.4. The van der Waals surface area contributed by atoms with E-state index in [0.717, 1.165) is 12.2 Å². The molecule has 5 nitrogen and oxygen atoms in total. The zero-order valence-electron chi connectivity index (χ0n) is 11.0. The molecule has 0 saturated carbocycles. The number of methoxy groups -OCH3 is 1. The Hall–Kier alpha value is -1.36. The summed E-state index contributed by atoms with van der Waals surface area (Å²) in [5.74, 6) is 2.09. The summed E-state index contributed by atoms with van der Waals surface area (Å²) in [6, 6.07) is 2.20. The van der Waals surface area contributed by atoms with Gasteiger partial charge in [-0.3, -0.25) is 0 Å². The number of anilines is 1. The Morgan fingerprint density at radius 2 is 2.12 bits per heavy atom. The minimum atomic E-state index is 0.385. The predicted molar refractivity (Wildman–Crippen MR) is 67.5 cm³/mol. The van der Waals surface area contributed by atoms with Crippen LogP contribution in [0.2, 0.25) is 0 Å². The Labute approximate surface area is 103 Å². The third kappa shape index (κ3) is 4.99. The van der Waals surface area contributed by atoms with Crippen molar-refractivity contribution < 1.29 is 9.47 Å². The Balaban J connectivity index is 2.65. The molecule has 0 saturated heterocycles. The summed E-state index contributed by atoms with van der Waals surface area (Å²) in [6.07, 6.45) is 1.04. The van der Waals surface area contributed by atoms with Crippen molar-refractivity contribution >= 4 is 5.82 Å². The van der Waals surface area contributed by atoms with Gasteiger partial charge in [0.1, 0.15) is 18.2 Å². The zero-order chi connectivity index (χ0) is 12.7. The molecule has 1 aromatic heterocycles. The van der Waals surface area contributed by atoms with Crippen molar-refractivity contribution in [3.05, 3.63) is 11.9 Å². The van der Waals surface area contributed by atoms with Gasteiger partial charge in [0.2, 0.25) is 5.88 Å². The van der Waals surface area contributed by atoms with Gasteiger partial charge in [0.15, 0.2) is 0 Å². The van der Waals surface area contributed by atoms with Crippen molar-refractivity contribution in [3.8, 4) is 5.88 Å². The maximum Gasteiger partial charge on any atom is 0.218 e. The molecule has 1 aromatic rings. The second-order valence-electron chi connectivity index (χ2n) is 3.93. The van der Waals surface area contributed by atoms with E-state index in [0.29, 0.717) is 31.0 Å². The molecule has 96 valence electrons. The van der Waals surface area contributed by atoms with Gasteiger partial charge < -0.3 is 14.8 Å². The maximum atomic E-state index is 5.47. The van der Waals surface area contributed by atoms with Crippen LogP contribution in [0.5, 0.6) is 5.88 Å². The molecule has 0 bridgehead atoms. The molecular weight excluding hydrogens is 218 g/mol. The van der Waals surface area contributed by atoms with Crippen molar-refractivity contribution in [1.29, 1.82) is 0 Å². The lowest BCUT2D eigenvalue weighted by molar-refractivity contribution is 0.143. The van der Waals surface area contributed by atoms with Crippen LogP contribution in [0.1, 0.15) is 26.1 Å². The smallest absolute Gasteiger partial charge is 0.218 e. The van der Waals surface area contributed by atoms with E-state index in [1.165, 1.54) is 0 Å². The summed E-state index contributed by atoms with van der Waals surface area (Å²) in [5, 5.41) is 3.30. The summed E-state index contributed by atoms with van der Waals surface area (Å²) in [6.45, 7) is 7.14.